The van der Waals surface area contributed by atoms with Crippen LogP contribution in [0, 0.1) is 0 Å². The quantitative estimate of drug-likeness (QED) is 0.289. The molecule has 0 spiro atoms. The normalized spacial score (nSPS) is 13.1. The van der Waals surface area contributed by atoms with Crippen LogP contribution in [0.2, 0.25) is 5.02 Å². The SMILES string of the molecule is Nc1c(N2CCc3ccc(CNC(=O)c4nc5scc(-c6ccccc6Cl)c5c(=O)[nH]4)cc3C2)c(=O)c1=O. The number of halogens is 1. The first kappa shape index (κ1) is 24.1. The summed E-state index contributed by atoms with van der Waals surface area (Å²) in [6.45, 7) is 1.26. The Morgan fingerprint density at radius 3 is 2.71 bits per heavy atom. The fraction of sp³-hybridized carbons (Fsp3) is 0.148. The number of thiophene rings is 1. The summed E-state index contributed by atoms with van der Waals surface area (Å²) in [7, 11) is 0. The molecule has 0 radical (unpaired) electrons. The van der Waals surface area contributed by atoms with E-state index in [2.05, 4.69) is 15.3 Å². The van der Waals surface area contributed by atoms with Gasteiger partial charge in [-0.1, -0.05) is 48.0 Å². The lowest BCUT2D eigenvalue weighted by Gasteiger charge is -2.32. The highest BCUT2D eigenvalue weighted by Crippen LogP contribution is 2.35. The van der Waals surface area contributed by atoms with E-state index in [4.69, 9.17) is 17.3 Å². The van der Waals surface area contributed by atoms with Gasteiger partial charge in [-0.3, -0.25) is 19.2 Å². The molecular formula is C27H20ClN5O4S. The maximum absolute atomic E-state index is 12.9. The summed E-state index contributed by atoms with van der Waals surface area (Å²) in [5.41, 5.74) is 8.83. The largest absolute Gasteiger partial charge is 0.394 e. The Kier molecular flexibility index (Phi) is 5.85. The van der Waals surface area contributed by atoms with Crippen LogP contribution in [-0.4, -0.2) is 22.4 Å². The first-order valence-corrected chi connectivity index (χ1v) is 13.1. The fourth-order valence-electron chi connectivity index (χ4n) is 4.82. The van der Waals surface area contributed by atoms with Gasteiger partial charge in [0.25, 0.3) is 22.3 Å². The highest BCUT2D eigenvalue weighted by atomic mass is 35.5. The maximum atomic E-state index is 12.9. The molecule has 0 saturated carbocycles. The molecule has 0 atom stereocenters. The number of nitrogens with one attached hydrogen (secondary N) is 2. The average molecular weight is 546 g/mol. The molecule has 11 heteroatoms. The number of hydrogen-bond acceptors (Lipinski definition) is 8. The number of rotatable bonds is 5. The number of H-pyrrole nitrogens is 1. The van der Waals surface area contributed by atoms with Crippen molar-refractivity contribution in [2.75, 3.05) is 17.2 Å². The van der Waals surface area contributed by atoms with Gasteiger partial charge in [-0.2, -0.15) is 0 Å². The van der Waals surface area contributed by atoms with Gasteiger partial charge in [-0.05, 0) is 29.2 Å². The molecule has 0 bridgehead atoms. The summed E-state index contributed by atoms with van der Waals surface area (Å²) < 4.78 is 0. The van der Waals surface area contributed by atoms with Crippen molar-refractivity contribution >= 4 is 50.4 Å². The number of carbonyl (C=O) groups is 1. The van der Waals surface area contributed by atoms with Crippen molar-refractivity contribution in [3.8, 4) is 11.1 Å². The van der Waals surface area contributed by atoms with E-state index in [0.29, 0.717) is 40.3 Å². The van der Waals surface area contributed by atoms with Crippen LogP contribution in [0.15, 0.2) is 62.2 Å². The zero-order valence-corrected chi connectivity index (χ0v) is 21.4. The Morgan fingerprint density at radius 1 is 1.11 bits per heavy atom. The van der Waals surface area contributed by atoms with Gasteiger partial charge >= 0.3 is 0 Å². The van der Waals surface area contributed by atoms with Gasteiger partial charge < -0.3 is 20.9 Å². The van der Waals surface area contributed by atoms with Crippen LogP contribution in [0.4, 0.5) is 11.4 Å². The van der Waals surface area contributed by atoms with Crippen molar-refractivity contribution in [1.82, 2.24) is 15.3 Å². The number of nitrogen functional groups attached to an aromatic ring is 1. The van der Waals surface area contributed by atoms with Crippen molar-refractivity contribution in [2.45, 2.75) is 19.5 Å². The molecule has 4 N–H and O–H groups in total. The lowest BCUT2D eigenvalue weighted by molar-refractivity contribution is 0.0940. The molecule has 0 saturated heterocycles. The molecular weight excluding hydrogens is 526 g/mol. The molecule has 1 aliphatic rings. The second-order valence-corrected chi connectivity index (χ2v) is 10.4. The van der Waals surface area contributed by atoms with E-state index in [-0.39, 0.29) is 23.7 Å². The zero-order valence-electron chi connectivity index (χ0n) is 19.8. The number of carbonyl (C=O) groups excluding carboxylic acids is 1. The number of hydrogen-bond donors (Lipinski definition) is 3. The van der Waals surface area contributed by atoms with E-state index >= 15 is 0 Å². The highest BCUT2D eigenvalue weighted by Gasteiger charge is 2.27. The Balaban J connectivity index is 1.19. The fourth-order valence-corrected chi connectivity index (χ4v) is 6.00. The number of fused-ring (bicyclic) bond motifs is 2. The van der Waals surface area contributed by atoms with Gasteiger partial charge in [0.15, 0.2) is 0 Å². The molecule has 1 aliphatic heterocycles. The van der Waals surface area contributed by atoms with E-state index < -0.39 is 22.3 Å². The lowest BCUT2D eigenvalue weighted by Crippen LogP contribution is -2.44. The first-order valence-electron chi connectivity index (χ1n) is 11.8. The molecule has 2 aromatic heterocycles. The Morgan fingerprint density at radius 2 is 1.92 bits per heavy atom. The third-order valence-electron chi connectivity index (χ3n) is 6.80. The van der Waals surface area contributed by atoms with Gasteiger partial charge in [0.05, 0.1) is 5.39 Å². The Labute approximate surface area is 224 Å². The third-order valence-corrected chi connectivity index (χ3v) is 8.00. The number of nitrogens with zero attached hydrogens (tertiary/aromatic N) is 2. The molecule has 38 heavy (non-hydrogen) atoms. The molecule has 0 aliphatic carbocycles. The van der Waals surface area contributed by atoms with Gasteiger partial charge in [0.1, 0.15) is 16.2 Å². The molecule has 6 rings (SSSR count). The number of anilines is 2. The highest BCUT2D eigenvalue weighted by molar-refractivity contribution is 7.17. The number of aromatic amines is 1. The summed E-state index contributed by atoms with van der Waals surface area (Å²) in [5.74, 6) is -0.581. The predicted octanol–water partition coefficient (Wildman–Crippen LogP) is 2.98. The number of nitrogens with two attached hydrogens (primary N) is 1. The number of aromatic nitrogens is 2. The molecule has 190 valence electrons. The van der Waals surface area contributed by atoms with Gasteiger partial charge in [0.2, 0.25) is 5.82 Å². The van der Waals surface area contributed by atoms with E-state index in [1.54, 1.807) is 6.07 Å². The van der Waals surface area contributed by atoms with Crippen LogP contribution in [0.5, 0.6) is 0 Å². The van der Waals surface area contributed by atoms with E-state index in [1.807, 2.05) is 46.7 Å². The Hall–Kier alpha value is -4.28. The summed E-state index contributed by atoms with van der Waals surface area (Å²) in [6.07, 6.45) is 0.711. The number of benzene rings is 2. The summed E-state index contributed by atoms with van der Waals surface area (Å²) >= 11 is 7.59. The molecule has 3 heterocycles. The second-order valence-electron chi connectivity index (χ2n) is 9.10. The molecule has 5 aromatic rings. The van der Waals surface area contributed by atoms with E-state index in [0.717, 1.165) is 22.3 Å². The van der Waals surface area contributed by atoms with Crippen LogP contribution in [0.3, 0.4) is 0 Å². The van der Waals surface area contributed by atoms with Crippen LogP contribution in [0.1, 0.15) is 27.3 Å². The van der Waals surface area contributed by atoms with Crippen LogP contribution >= 0.6 is 22.9 Å². The van der Waals surface area contributed by atoms with Crippen molar-refractivity contribution in [2.24, 2.45) is 0 Å². The van der Waals surface area contributed by atoms with Gasteiger partial charge in [0, 0.05) is 41.2 Å². The number of amides is 1. The van der Waals surface area contributed by atoms with Crippen LogP contribution < -0.4 is 32.4 Å². The third kappa shape index (κ3) is 3.98. The Bertz CT molecular complexity index is 1890. The van der Waals surface area contributed by atoms with Crippen molar-refractivity contribution in [3.63, 3.8) is 0 Å². The summed E-state index contributed by atoms with van der Waals surface area (Å²) in [5, 5.41) is 5.53. The molecule has 0 unspecified atom stereocenters. The maximum Gasteiger partial charge on any atom is 0.287 e. The molecule has 1 amide bonds. The second kappa shape index (κ2) is 9.23. The minimum atomic E-state index is -0.630. The molecule has 9 nitrogen and oxygen atoms in total. The average Bonchev–Trinajstić information content (AvgIpc) is 3.36. The molecule has 0 fully saturated rings. The summed E-state index contributed by atoms with van der Waals surface area (Å²) in [4.78, 5) is 58.5. The van der Waals surface area contributed by atoms with Gasteiger partial charge in [-0.15, -0.1) is 11.3 Å². The van der Waals surface area contributed by atoms with Crippen LogP contribution in [0.25, 0.3) is 21.3 Å². The van der Waals surface area contributed by atoms with E-state index in [9.17, 15) is 19.2 Å². The van der Waals surface area contributed by atoms with Crippen molar-refractivity contribution in [3.05, 3.63) is 106 Å². The van der Waals surface area contributed by atoms with Crippen molar-refractivity contribution < 1.29 is 4.79 Å². The molecule has 3 aromatic carbocycles. The van der Waals surface area contributed by atoms with Crippen molar-refractivity contribution in [1.29, 1.82) is 0 Å². The standard InChI is InChI=1S/C27H20ClN5O4S/c28-18-4-2-1-3-16(18)17-12-38-27-19(17)25(36)31-24(32-27)26(37)30-10-13-5-6-14-7-8-33(11-15(14)9-13)21-20(29)22(34)23(21)35/h1-6,9,12H,7-8,10-11,29H2,(H,30,37)(H,31,32,36). The minimum Gasteiger partial charge on any atom is -0.394 e. The minimum absolute atomic E-state index is 0.0186. The van der Waals surface area contributed by atoms with Crippen LogP contribution in [-0.2, 0) is 19.5 Å². The van der Waals surface area contributed by atoms with Gasteiger partial charge in [-0.25, -0.2) is 4.98 Å². The summed E-state index contributed by atoms with van der Waals surface area (Å²) in [6, 6.07) is 13.1. The zero-order chi connectivity index (χ0) is 26.6. The topological polar surface area (TPSA) is 138 Å². The lowest BCUT2D eigenvalue weighted by atomic mass is 9.96. The monoisotopic (exact) mass is 545 g/mol. The predicted molar refractivity (Wildman–Crippen MR) is 149 cm³/mol. The first-order chi connectivity index (χ1) is 18.3. The smallest absolute Gasteiger partial charge is 0.287 e. The van der Waals surface area contributed by atoms with E-state index in [1.165, 1.54) is 11.3 Å².